The predicted octanol–water partition coefficient (Wildman–Crippen LogP) is 1.18. The number of benzene rings is 1. The van der Waals surface area contributed by atoms with Gasteiger partial charge in [-0.05, 0) is 25.0 Å². The molecule has 2 atom stereocenters. The van der Waals surface area contributed by atoms with E-state index in [-0.39, 0.29) is 17.8 Å². The van der Waals surface area contributed by atoms with Gasteiger partial charge in [0.1, 0.15) is 0 Å². The molecule has 2 aromatic rings. The van der Waals surface area contributed by atoms with Gasteiger partial charge in [0, 0.05) is 44.2 Å². The molecular weight excluding hydrogens is 378 g/mol. The summed E-state index contributed by atoms with van der Waals surface area (Å²) in [6.07, 6.45) is 0. The maximum atomic E-state index is 12.5. The van der Waals surface area contributed by atoms with Gasteiger partial charge in [-0.3, -0.25) is 4.90 Å². The van der Waals surface area contributed by atoms with Crippen molar-refractivity contribution in [3.63, 3.8) is 0 Å². The minimum atomic E-state index is -3.28. The SMILES string of the molecule is Cc1cc(CN2CC3CN(CCS(=O)(=O)c4ccccc4)CC3(CO)C2)on1. The highest BCUT2D eigenvalue weighted by molar-refractivity contribution is 7.91. The smallest absolute Gasteiger partial charge is 0.179 e. The average Bonchev–Trinajstić information content (AvgIpc) is 3.33. The van der Waals surface area contributed by atoms with Gasteiger partial charge in [-0.2, -0.15) is 0 Å². The largest absolute Gasteiger partial charge is 0.396 e. The number of sulfone groups is 1. The lowest BCUT2D eigenvalue weighted by Crippen LogP contribution is -2.38. The molecule has 4 rings (SSSR count). The van der Waals surface area contributed by atoms with E-state index in [1.165, 1.54) is 0 Å². The number of rotatable bonds is 7. The van der Waals surface area contributed by atoms with Crippen LogP contribution < -0.4 is 0 Å². The normalized spacial score (nSPS) is 26.0. The maximum absolute atomic E-state index is 12.5. The summed E-state index contributed by atoms with van der Waals surface area (Å²) in [6.45, 7) is 6.42. The van der Waals surface area contributed by atoms with Gasteiger partial charge in [-0.15, -0.1) is 0 Å². The van der Waals surface area contributed by atoms with E-state index in [0.29, 0.717) is 23.9 Å². The third kappa shape index (κ3) is 3.87. The molecule has 7 nitrogen and oxygen atoms in total. The van der Waals surface area contributed by atoms with Crippen LogP contribution in [0.15, 0.2) is 45.8 Å². The Bertz CT molecular complexity index is 915. The van der Waals surface area contributed by atoms with Crippen LogP contribution in [0.3, 0.4) is 0 Å². The molecular formula is C20H27N3O4S. The van der Waals surface area contributed by atoms with Gasteiger partial charge in [0.2, 0.25) is 0 Å². The van der Waals surface area contributed by atoms with Gasteiger partial charge in [0.05, 0.1) is 29.5 Å². The number of aryl methyl sites for hydroxylation is 1. The molecule has 0 radical (unpaired) electrons. The van der Waals surface area contributed by atoms with Crippen LogP contribution in [0.1, 0.15) is 11.5 Å². The van der Waals surface area contributed by atoms with E-state index in [2.05, 4.69) is 15.0 Å². The fraction of sp³-hybridized carbons (Fsp3) is 0.550. The lowest BCUT2D eigenvalue weighted by Gasteiger charge is -2.27. The summed E-state index contributed by atoms with van der Waals surface area (Å²) in [7, 11) is -3.28. The molecule has 1 aromatic heterocycles. The molecule has 8 heteroatoms. The molecule has 0 amide bonds. The number of nitrogens with zero attached hydrogens (tertiary/aromatic N) is 3. The molecule has 1 N–H and O–H groups in total. The Morgan fingerprint density at radius 3 is 2.57 bits per heavy atom. The van der Waals surface area contributed by atoms with Crippen molar-refractivity contribution in [1.29, 1.82) is 0 Å². The summed E-state index contributed by atoms with van der Waals surface area (Å²) >= 11 is 0. The zero-order valence-electron chi connectivity index (χ0n) is 16.1. The number of aromatic nitrogens is 1. The second-order valence-corrected chi connectivity index (χ2v) is 10.3. The highest BCUT2D eigenvalue weighted by Gasteiger charge is 2.52. The van der Waals surface area contributed by atoms with Crippen molar-refractivity contribution in [2.75, 3.05) is 45.1 Å². The molecule has 3 heterocycles. The van der Waals surface area contributed by atoms with Gasteiger partial charge < -0.3 is 14.5 Å². The number of hydrogen-bond acceptors (Lipinski definition) is 7. The zero-order valence-corrected chi connectivity index (χ0v) is 16.9. The van der Waals surface area contributed by atoms with E-state index in [0.717, 1.165) is 37.6 Å². The number of hydrogen-bond donors (Lipinski definition) is 1. The third-order valence-electron chi connectivity index (χ3n) is 6.05. The Hall–Kier alpha value is -1.74. The van der Waals surface area contributed by atoms with Crippen LogP contribution in [-0.4, -0.2) is 73.6 Å². The van der Waals surface area contributed by atoms with E-state index in [9.17, 15) is 13.5 Å². The number of fused-ring (bicyclic) bond motifs is 1. The number of aliphatic hydroxyl groups is 1. The fourth-order valence-corrected chi connectivity index (χ4v) is 5.93. The summed E-state index contributed by atoms with van der Waals surface area (Å²) < 4.78 is 30.4. The fourth-order valence-electron chi connectivity index (χ4n) is 4.62. The molecule has 2 aliphatic rings. The second-order valence-electron chi connectivity index (χ2n) is 8.19. The Labute approximate surface area is 165 Å². The van der Waals surface area contributed by atoms with Crippen LogP contribution >= 0.6 is 0 Å². The second kappa shape index (κ2) is 7.59. The molecule has 152 valence electrons. The monoisotopic (exact) mass is 405 g/mol. The van der Waals surface area contributed by atoms with Gasteiger partial charge in [-0.1, -0.05) is 23.4 Å². The first-order valence-corrected chi connectivity index (χ1v) is 11.3. The molecule has 28 heavy (non-hydrogen) atoms. The van der Waals surface area contributed by atoms with Crippen LogP contribution in [0.5, 0.6) is 0 Å². The summed E-state index contributed by atoms with van der Waals surface area (Å²) in [6, 6.07) is 10.5. The standard InChI is InChI=1S/C20H27N3O4S/c1-16-9-18(27-21-16)12-23-11-17-10-22(13-20(17,14-23)15-24)7-8-28(25,26)19-5-3-2-4-6-19/h2-6,9,17,24H,7-8,10-15H2,1H3. The Kier molecular flexibility index (Phi) is 5.30. The van der Waals surface area contributed by atoms with Crippen molar-refractivity contribution >= 4 is 9.84 Å². The summed E-state index contributed by atoms with van der Waals surface area (Å²) in [4.78, 5) is 4.87. The van der Waals surface area contributed by atoms with Crippen molar-refractivity contribution < 1.29 is 18.0 Å². The minimum Gasteiger partial charge on any atom is -0.396 e. The van der Waals surface area contributed by atoms with Crippen molar-refractivity contribution in [1.82, 2.24) is 15.0 Å². The molecule has 2 fully saturated rings. The molecule has 2 aliphatic heterocycles. The van der Waals surface area contributed by atoms with Crippen LogP contribution in [-0.2, 0) is 16.4 Å². The van der Waals surface area contributed by atoms with Gasteiger partial charge in [0.15, 0.2) is 15.6 Å². The summed E-state index contributed by atoms with van der Waals surface area (Å²) in [5, 5.41) is 14.1. The van der Waals surface area contributed by atoms with E-state index in [4.69, 9.17) is 4.52 Å². The lowest BCUT2D eigenvalue weighted by atomic mass is 9.82. The molecule has 0 aliphatic carbocycles. The van der Waals surface area contributed by atoms with Crippen molar-refractivity contribution in [3.05, 3.63) is 47.9 Å². The first-order valence-electron chi connectivity index (χ1n) is 9.66. The number of aliphatic hydroxyl groups excluding tert-OH is 1. The van der Waals surface area contributed by atoms with Crippen LogP contribution in [0.25, 0.3) is 0 Å². The van der Waals surface area contributed by atoms with Gasteiger partial charge in [0.25, 0.3) is 0 Å². The third-order valence-corrected chi connectivity index (χ3v) is 7.76. The van der Waals surface area contributed by atoms with Crippen LogP contribution in [0.2, 0.25) is 0 Å². The highest BCUT2D eigenvalue weighted by Crippen LogP contribution is 2.42. The van der Waals surface area contributed by atoms with Crippen molar-refractivity contribution in [3.8, 4) is 0 Å². The minimum absolute atomic E-state index is 0.103. The molecule has 1 aromatic carbocycles. The van der Waals surface area contributed by atoms with Crippen LogP contribution in [0.4, 0.5) is 0 Å². The molecule has 0 bridgehead atoms. The summed E-state index contributed by atoms with van der Waals surface area (Å²) in [5.41, 5.74) is 0.683. The first-order chi connectivity index (χ1) is 13.4. The lowest BCUT2D eigenvalue weighted by molar-refractivity contribution is 0.111. The maximum Gasteiger partial charge on any atom is 0.179 e. The van der Waals surface area contributed by atoms with Gasteiger partial charge in [-0.25, -0.2) is 8.42 Å². The highest BCUT2D eigenvalue weighted by atomic mass is 32.2. The zero-order chi connectivity index (χ0) is 19.8. The van der Waals surface area contributed by atoms with Gasteiger partial charge >= 0.3 is 0 Å². The average molecular weight is 406 g/mol. The topological polar surface area (TPSA) is 86.9 Å². The number of likely N-dealkylation sites (tertiary alicyclic amines) is 2. The Balaban J connectivity index is 1.35. The predicted molar refractivity (Wildman–Crippen MR) is 104 cm³/mol. The van der Waals surface area contributed by atoms with Crippen molar-refractivity contribution in [2.45, 2.75) is 18.4 Å². The first kappa shape index (κ1) is 19.6. The molecule has 0 spiro atoms. The van der Waals surface area contributed by atoms with E-state index >= 15 is 0 Å². The van der Waals surface area contributed by atoms with E-state index < -0.39 is 9.84 Å². The Morgan fingerprint density at radius 2 is 1.93 bits per heavy atom. The quantitative estimate of drug-likeness (QED) is 0.740. The van der Waals surface area contributed by atoms with E-state index in [1.54, 1.807) is 24.3 Å². The Morgan fingerprint density at radius 1 is 1.21 bits per heavy atom. The van der Waals surface area contributed by atoms with Crippen LogP contribution in [0, 0.1) is 18.3 Å². The molecule has 2 saturated heterocycles. The molecule has 2 unspecified atom stereocenters. The molecule has 0 saturated carbocycles. The van der Waals surface area contributed by atoms with Crippen molar-refractivity contribution in [2.24, 2.45) is 11.3 Å². The van der Waals surface area contributed by atoms with E-state index in [1.807, 2.05) is 19.1 Å². The summed E-state index contributed by atoms with van der Waals surface area (Å²) in [5.74, 6) is 1.28.